The average molecular weight is 439 g/mol. The number of nitro groups is 1. The molecule has 0 spiro atoms. The number of rotatable bonds is 7. The topological polar surface area (TPSA) is 136 Å². The van der Waals surface area contributed by atoms with Crippen LogP contribution in [-0.4, -0.2) is 46.7 Å². The molecule has 0 fully saturated rings. The van der Waals surface area contributed by atoms with Crippen LogP contribution < -0.4 is 5.32 Å². The number of esters is 1. The lowest BCUT2D eigenvalue weighted by Crippen LogP contribution is -2.31. The number of hydrogen-bond acceptors (Lipinski definition) is 7. The van der Waals surface area contributed by atoms with Crippen molar-refractivity contribution in [2.75, 3.05) is 7.05 Å². The van der Waals surface area contributed by atoms with Crippen molar-refractivity contribution in [3.8, 4) is 0 Å². The predicted molar refractivity (Wildman–Crippen MR) is 112 cm³/mol. The highest BCUT2D eigenvalue weighted by atomic mass is 16.6. The van der Waals surface area contributed by atoms with Crippen LogP contribution in [0.2, 0.25) is 0 Å². The van der Waals surface area contributed by atoms with E-state index in [0.717, 1.165) is 4.90 Å². The van der Waals surface area contributed by atoms with Crippen LogP contribution >= 0.6 is 0 Å². The van der Waals surface area contributed by atoms with Crippen LogP contribution in [0.4, 0.5) is 5.69 Å². The summed E-state index contributed by atoms with van der Waals surface area (Å²) in [5.41, 5.74) is 0.225. The van der Waals surface area contributed by atoms with Gasteiger partial charge in [-0.15, -0.1) is 0 Å². The van der Waals surface area contributed by atoms with Crippen molar-refractivity contribution in [2.45, 2.75) is 32.4 Å². The number of nitro benzene ring substituents is 1. The molecule has 0 aliphatic carbocycles. The summed E-state index contributed by atoms with van der Waals surface area (Å²) in [6.45, 7) is 3.33. The van der Waals surface area contributed by atoms with Gasteiger partial charge in [0.05, 0.1) is 40.2 Å². The standard InChI is InChI=1S/C22H21N3O7/c1-12(2)32-19(26)11-17(15-6-4-5-7-18(15)25(30)31)23-20(27)13-8-9-14-16(10-13)22(29)24(3)21(14)28/h4-10,12,17H,11H2,1-3H3,(H,23,27). The number of benzene rings is 2. The van der Waals surface area contributed by atoms with Crippen LogP contribution in [0, 0.1) is 10.1 Å². The van der Waals surface area contributed by atoms with E-state index in [4.69, 9.17) is 4.74 Å². The number of hydrogen-bond donors (Lipinski definition) is 1. The van der Waals surface area contributed by atoms with Gasteiger partial charge in [-0.1, -0.05) is 18.2 Å². The molecule has 2 aromatic carbocycles. The monoisotopic (exact) mass is 439 g/mol. The van der Waals surface area contributed by atoms with Crippen molar-refractivity contribution in [1.29, 1.82) is 0 Å². The maximum Gasteiger partial charge on any atom is 0.308 e. The molecule has 2 aromatic rings. The van der Waals surface area contributed by atoms with Crippen LogP contribution in [0.5, 0.6) is 0 Å². The summed E-state index contributed by atoms with van der Waals surface area (Å²) in [5.74, 6) is -2.30. The van der Waals surface area contributed by atoms with Gasteiger partial charge >= 0.3 is 5.97 Å². The molecule has 32 heavy (non-hydrogen) atoms. The van der Waals surface area contributed by atoms with E-state index in [-0.39, 0.29) is 34.4 Å². The third kappa shape index (κ3) is 4.48. The van der Waals surface area contributed by atoms with Gasteiger partial charge in [0.1, 0.15) is 0 Å². The van der Waals surface area contributed by atoms with Crippen molar-refractivity contribution in [2.24, 2.45) is 0 Å². The second-order valence-electron chi connectivity index (χ2n) is 7.51. The van der Waals surface area contributed by atoms with E-state index in [0.29, 0.717) is 0 Å². The minimum atomic E-state index is -1.05. The molecule has 1 unspecified atom stereocenters. The Labute approximate surface area is 183 Å². The quantitative estimate of drug-likeness (QED) is 0.303. The first-order chi connectivity index (χ1) is 15.1. The Balaban J connectivity index is 1.93. The lowest BCUT2D eigenvalue weighted by molar-refractivity contribution is -0.385. The Morgan fingerprint density at radius 3 is 2.41 bits per heavy atom. The van der Waals surface area contributed by atoms with Gasteiger partial charge in [-0.2, -0.15) is 0 Å². The molecule has 1 atom stereocenters. The molecule has 3 amide bonds. The molecule has 10 nitrogen and oxygen atoms in total. The Morgan fingerprint density at radius 1 is 1.09 bits per heavy atom. The van der Waals surface area contributed by atoms with Gasteiger partial charge < -0.3 is 10.1 Å². The van der Waals surface area contributed by atoms with Crippen molar-refractivity contribution < 1.29 is 28.8 Å². The number of fused-ring (bicyclic) bond motifs is 1. The molecule has 0 saturated heterocycles. The van der Waals surface area contributed by atoms with Gasteiger partial charge in [-0.25, -0.2) is 0 Å². The molecule has 1 N–H and O–H groups in total. The first-order valence-corrected chi connectivity index (χ1v) is 9.80. The molecule has 0 radical (unpaired) electrons. The molecule has 3 rings (SSSR count). The lowest BCUT2D eigenvalue weighted by Gasteiger charge is -2.19. The molecule has 1 aliphatic rings. The number of carbonyl (C=O) groups excluding carboxylic acids is 4. The Hall–Kier alpha value is -4.08. The minimum Gasteiger partial charge on any atom is -0.463 e. The molecular formula is C22H21N3O7. The summed E-state index contributed by atoms with van der Waals surface area (Å²) in [5, 5.41) is 14.1. The summed E-state index contributed by atoms with van der Waals surface area (Å²) in [7, 11) is 1.34. The normalized spacial score (nSPS) is 13.7. The smallest absolute Gasteiger partial charge is 0.308 e. The van der Waals surface area contributed by atoms with Gasteiger partial charge in [0.25, 0.3) is 23.4 Å². The van der Waals surface area contributed by atoms with E-state index in [1.54, 1.807) is 19.9 Å². The first-order valence-electron chi connectivity index (χ1n) is 9.80. The number of imide groups is 1. The summed E-state index contributed by atoms with van der Waals surface area (Å²) < 4.78 is 5.14. The molecule has 0 bridgehead atoms. The van der Waals surface area contributed by atoms with E-state index in [1.165, 1.54) is 43.4 Å². The van der Waals surface area contributed by atoms with Crippen LogP contribution in [0.15, 0.2) is 42.5 Å². The molecule has 10 heteroatoms. The van der Waals surface area contributed by atoms with E-state index in [9.17, 15) is 29.3 Å². The highest BCUT2D eigenvalue weighted by Crippen LogP contribution is 2.28. The lowest BCUT2D eigenvalue weighted by atomic mass is 10.00. The SMILES string of the molecule is CC(C)OC(=O)CC(NC(=O)c1ccc2c(c1)C(=O)N(C)C2=O)c1ccccc1[N+](=O)[O-]. The number of nitrogens with zero attached hydrogens (tertiary/aromatic N) is 2. The average Bonchev–Trinajstić information content (AvgIpc) is 2.96. The van der Waals surface area contributed by atoms with Gasteiger partial charge in [-0.05, 0) is 32.0 Å². The maximum atomic E-state index is 12.9. The molecule has 0 aromatic heterocycles. The second kappa shape index (κ2) is 8.96. The van der Waals surface area contributed by atoms with Crippen molar-refractivity contribution in [3.05, 3.63) is 74.8 Å². The van der Waals surface area contributed by atoms with Gasteiger partial charge in [0, 0.05) is 18.7 Å². The van der Waals surface area contributed by atoms with Gasteiger partial charge in [0.15, 0.2) is 0 Å². The molecule has 1 heterocycles. The molecular weight excluding hydrogens is 418 g/mol. The highest BCUT2D eigenvalue weighted by Gasteiger charge is 2.34. The Morgan fingerprint density at radius 2 is 1.75 bits per heavy atom. The predicted octanol–water partition coefficient (Wildman–Crippen LogP) is 2.63. The fourth-order valence-corrected chi connectivity index (χ4v) is 3.41. The maximum absolute atomic E-state index is 12.9. The van der Waals surface area contributed by atoms with Crippen molar-refractivity contribution in [3.63, 3.8) is 0 Å². The van der Waals surface area contributed by atoms with Gasteiger partial charge in [0.2, 0.25) is 0 Å². The van der Waals surface area contributed by atoms with Crippen LogP contribution in [0.3, 0.4) is 0 Å². The molecule has 166 valence electrons. The number of ether oxygens (including phenoxy) is 1. The first kappa shape index (κ1) is 22.6. The minimum absolute atomic E-state index is 0.0704. The fraction of sp³-hybridized carbons (Fsp3) is 0.273. The largest absolute Gasteiger partial charge is 0.463 e. The summed E-state index contributed by atoms with van der Waals surface area (Å²) >= 11 is 0. The molecule has 1 aliphatic heterocycles. The van der Waals surface area contributed by atoms with Gasteiger partial charge in [-0.3, -0.25) is 34.2 Å². The van der Waals surface area contributed by atoms with Crippen LogP contribution in [-0.2, 0) is 9.53 Å². The van der Waals surface area contributed by atoms with Crippen molar-refractivity contribution >= 4 is 29.4 Å². The number of para-hydroxylation sites is 1. The zero-order valence-electron chi connectivity index (χ0n) is 17.7. The number of amides is 3. The summed E-state index contributed by atoms with van der Waals surface area (Å²) in [4.78, 5) is 61.3. The highest BCUT2D eigenvalue weighted by molar-refractivity contribution is 6.21. The van der Waals surface area contributed by atoms with E-state index in [1.807, 2.05) is 0 Å². The zero-order chi connectivity index (χ0) is 23.6. The van der Waals surface area contributed by atoms with Crippen LogP contribution in [0.25, 0.3) is 0 Å². The van der Waals surface area contributed by atoms with Crippen molar-refractivity contribution in [1.82, 2.24) is 10.2 Å². The number of nitrogens with one attached hydrogen (secondary N) is 1. The third-order valence-corrected chi connectivity index (χ3v) is 4.90. The number of carbonyl (C=O) groups is 4. The Kier molecular flexibility index (Phi) is 6.33. The Bertz CT molecular complexity index is 1130. The van der Waals surface area contributed by atoms with E-state index in [2.05, 4.69) is 5.32 Å². The summed E-state index contributed by atoms with van der Waals surface area (Å²) in [6, 6.07) is 8.75. The second-order valence-corrected chi connectivity index (χ2v) is 7.51. The van der Waals surface area contributed by atoms with E-state index >= 15 is 0 Å². The molecule has 0 saturated carbocycles. The summed E-state index contributed by atoms with van der Waals surface area (Å²) in [6.07, 6.45) is -0.735. The van der Waals surface area contributed by atoms with E-state index < -0.39 is 40.8 Å². The zero-order valence-corrected chi connectivity index (χ0v) is 17.7. The fourth-order valence-electron chi connectivity index (χ4n) is 3.41. The van der Waals surface area contributed by atoms with Crippen LogP contribution in [0.1, 0.15) is 62.9 Å². The third-order valence-electron chi connectivity index (χ3n) is 4.90.